The van der Waals surface area contributed by atoms with E-state index in [2.05, 4.69) is 41.8 Å². The van der Waals surface area contributed by atoms with Gasteiger partial charge in [0.1, 0.15) is 36.1 Å². The Bertz CT molecular complexity index is 2440. The molecule has 58 heavy (non-hydrogen) atoms. The van der Waals surface area contributed by atoms with Gasteiger partial charge in [0.25, 0.3) is 5.91 Å². The van der Waals surface area contributed by atoms with Gasteiger partial charge in [-0.3, -0.25) is 25.0 Å². The quantitative estimate of drug-likeness (QED) is 0.223. The fourth-order valence-electron chi connectivity index (χ4n) is 10.8. The molecule has 4 atom stereocenters. The number of hydrogen-bond donors (Lipinski definition) is 3. The van der Waals surface area contributed by atoms with Crippen molar-refractivity contribution in [2.75, 3.05) is 61.4 Å². The summed E-state index contributed by atoms with van der Waals surface area (Å²) in [4.78, 5) is 65.8. The molecule has 0 radical (unpaired) electrons. The Morgan fingerprint density at radius 1 is 1.03 bits per heavy atom. The Hall–Kier alpha value is -5.83. The number of hydrogen-bond acceptors (Lipinski definition) is 11. The molecule has 0 bridgehead atoms. The van der Waals surface area contributed by atoms with E-state index in [9.17, 15) is 19.2 Å². The van der Waals surface area contributed by atoms with Crippen molar-refractivity contribution in [1.29, 1.82) is 0 Å². The van der Waals surface area contributed by atoms with Crippen LogP contribution in [0, 0.1) is 35.9 Å². The summed E-state index contributed by atoms with van der Waals surface area (Å²) >= 11 is 0. The van der Waals surface area contributed by atoms with Crippen LogP contribution in [-0.2, 0) is 20.9 Å². The maximum absolute atomic E-state index is 15.3. The average Bonchev–Trinajstić information content (AvgIpc) is 3.44. The smallest absolute Gasteiger partial charge is 0.413 e. The van der Waals surface area contributed by atoms with Gasteiger partial charge < -0.3 is 29.5 Å². The summed E-state index contributed by atoms with van der Waals surface area (Å²) in [5.74, 6) is 0.975. The van der Waals surface area contributed by atoms with Gasteiger partial charge in [-0.15, -0.1) is 0 Å². The number of amides is 4. The number of ether oxygens (including phenoxy) is 2. The number of likely N-dealkylation sites (tertiary alicyclic amines) is 1. The number of nitrogens with one attached hydrogen (secondary N) is 3. The molecule has 11 rings (SSSR count). The maximum Gasteiger partial charge on any atom is 0.413 e. The second kappa shape index (κ2) is 13.1. The molecule has 298 valence electrons. The maximum atomic E-state index is 15.3. The molecule has 5 aliphatic heterocycles. The number of aromatic nitrogens is 2. The topological polar surface area (TPSA) is 158 Å². The van der Waals surface area contributed by atoms with E-state index in [4.69, 9.17) is 9.47 Å². The third-order valence-electron chi connectivity index (χ3n) is 13.6. The molecule has 7 aliphatic rings. The SMILES string of the molecule is Cc1c(-c2cc3cc(NC(=O)OC4[C@H]5CN(CC6CC7(C6)CN(c6cccc8c6CN(C6CCC(=O)NC6=O)C8=O)C7)C[C@@H]45)ncc3cc2F)cnc2c1NCCO2. The van der Waals surface area contributed by atoms with Gasteiger partial charge >= 0.3 is 6.09 Å². The molecule has 7 heterocycles. The largest absolute Gasteiger partial charge is 0.474 e. The number of benzene rings is 2. The van der Waals surface area contributed by atoms with Crippen molar-refractivity contribution in [2.45, 2.75) is 51.3 Å². The molecule has 2 unspecified atom stereocenters. The molecular formula is C43H43FN8O6. The fraction of sp³-hybridized carbons (Fsp3) is 0.442. The van der Waals surface area contributed by atoms with Crippen LogP contribution < -0.4 is 25.6 Å². The van der Waals surface area contributed by atoms with Crippen LogP contribution in [0.2, 0.25) is 0 Å². The number of piperidine rings is 2. The number of pyridine rings is 2. The number of carbonyl (C=O) groups is 4. The average molecular weight is 787 g/mol. The number of rotatable bonds is 7. The van der Waals surface area contributed by atoms with Gasteiger partial charge in [-0.1, -0.05) is 6.07 Å². The zero-order valence-electron chi connectivity index (χ0n) is 32.1. The van der Waals surface area contributed by atoms with Crippen LogP contribution in [0.1, 0.15) is 47.2 Å². The van der Waals surface area contributed by atoms with E-state index in [-0.39, 0.29) is 36.1 Å². The van der Waals surface area contributed by atoms with Crippen LogP contribution in [-0.4, -0.2) is 102 Å². The van der Waals surface area contributed by atoms with Gasteiger partial charge in [0.15, 0.2) is 0 Å². The minimum Gasteiger partial charge on any atom is -0.474 e. The lowest BCUT2D eigenvalue weighted by Crippen LogP contribution is -2.63. The Balaban J connectivity index is 0.652. The highest BCUT2D eigenvalue weighted by Gasteiger charge is 2.60. The number of imide groups is 1. The Kier molecular flexibility index (Phi) is 7.98. The lowest BCUT2D eigenvalue weighted by molar-refractivity contribution is -0.136. The molecule has 2 aromatic heterocycles. The first kappa shape index (κ1) is 35.3. The van der Waals surface area contributed by atoms with E-state index < -0.39 is 12.1 Å². The third kappa shape index (κ3) is 5.84. The number of carbonyl (C=O) groups excluding carboxylic acids is 4. The predicted molar refractivity (Wildman–Crippen MR) is 211 cm³/mol. The molecule has 14 nitrogen and oxygen atoms in total. The summed E-state index contributed by atoms with van der Waals surface area (Å²) < 4.78 is 26.8. The monoisotopic (exact) mass is 786 g/mol. The van der Waals surface area contributed by atoms with Crippen molar-refractivity contribution >= 4 is 51.8 Å². The van der Waals surface area contributed by atoms with Crippen molar-refractivity contribution in [3.8, 4) is 17.0 Å². The number of anilines is 3. The summed E-state index contributed by atoms with van der Waals surface area (Å²) in [6.45, 7) is 8.32. The zero-order valence-corrected chi connectivity index (χ0v) is 32.1. The highest BCUT2D eigenvalue weighted by Crippen LogP contribution is 2.55. The van der Waals surface area contributed by atoms with E-state index in [0.717, 1.165) is 60.6 Å². The number of fused-ring (bicyclic) bond motifs is 4. The number of halogens is 1. The van der Waals surface area contributed by atoms with Gasteiger partial charge in [-0.05, 0) is 73.4 Å². The summed E-state index contributed by atoms with van der Waals surface area (Å²) in [7, 11) is 0. The molecule has 3 N–H and O–H groups in total. The molecule has 15 heteroatoms. The molecule has 3 saturated heterocycles. The van der Waals surface area contributed by atoms with E-state index >= 15 is 4.39 Å². The predicted octanol–water partition coefficient (Wildman–Crippen LogP) is 4.70. The first-order valence-electron chi connectivity index (χ1n) is 20.3. The van der Waals surface area contributed by atoms with Crippen molar-refractivity contribution in [3.05, 3.63) is 71.3 Å². The first-order chi connectivity index (χ1) is 28.1. The standard InChI is InChI=1S/C43H43FN8O6/c1-22-28(15-47-40-37(22)45-7-8-57-40)27-9-24-11-35(46-14-25(24)10-32(27)44)48-42(56)58-38-30-17-50(18-31(30)38)16-23-12-43(13-23)20-51(21-43)33-4-2-3-26-29(33)19-52(41(26)55)34-5-6-36(53)49-39(34)54/h2-4,9-11,14-15,23,30-31,34,38,45H,5-8,12-13,16-21H2,1H3,(H,46,48,56)(H,49,53,54)/t30-,31+,34?,38?. The van der Waals surface area contributed by atoms with Crippen LogP contribution in [0.15, 0.2) is 48.8 Å². The van der Waals surface area contributed by atoms with Gasteiger partial charge in [0, 0.05) is 115 Å². The van der Waals surface area contributed by atoms with Crippen molar-refractivity contribution in [1.82, 2.24) is 25.1 Å². The van der Waals surface area contributed by atoms with E-state index in [1.54, 1.807) is 29.4 Å². The third-order valence-corrected chi connectivity index (χ3v) is 13.6. The van der Waals surface area contributed by atoms with Gasteiger partial charge in [-0.2, -0.15) is 0 Å². The Morgan fingerprint density at radius 3 is 2.67 bits per heavy atom. The van der Waals surface area contributed by atoms with Gasteiger partial charge in [0.05, 0.1) is 0 Å². The summed E-state index contributed by atoms with van der Waals surface area (Å²) in [6.07, 6.45) is 5.50. The molecule has 2 aromatic carbocycles. The van der Waals surface area contributed by atoms with E-state index in [1.807, 2.05) is 19.1 Å². The zero-order chi connectivity index (χ0) is 39.4. The van der Waals surface area contributed by atoms with Crippen molar-refractivity contribution in [2.24, 2.45) is 23.2 Å². The van der Waals surface area contributed by atoms with Gasteiger partial charge in [-0.25, -0.2) is 19.2 Å². The first-order valence-corrected chi connectivity index (χ1v) is 20.3. The lowest BCUT2D eigenvalue weighted by atomic mass is 9.57. The fourth-order valence-corrected chi connectivity index (χ4v) is 10.8. The highest BCUT2D eigenvalue weighted by atomic mass is 19.1. The molecule has 2 saturated carbocycles. The molecule has 4 amide bonds. The van der Waals surface area contributed by atoms with Crippen LogP contribution in [0.5, 0.6) is 5.88 Å². The van der Waals surface area contributed by atoms with Crippen LogP contribution in [0.25, 0.3) is 21.9 Å². The molecule has 5 fully saturated rings. The molecule has 1 spiro atoms. The van der Waals surface area contributed by atoms with Crippen molar-refractivity contribution in [3.63, 3.8) is 0 Å². The minimum absolute atomic E-state index is 0.104. The van der Waals surface area contributed by atoms with Crippen LogP contribution >= 0.6 is 0 Å². The Morgan fingerprint density at radius 2 is 1.86 bits per heavy atom. The van der Waals surface area contributed by atoms with Crippen LogP contribution in [0.4, 0.5) is 26.4 Å². The summed E-state index contributed by atoms with van der Waals surface area (Å²) in [5, 5.41) is 9.82. The van der Waals surface area contributed by atoms with Crippen LogP contribution in [0.3, 0.4) is 0 Å². The van der Waals surface area contributed by atoms with E-state index in [0.29, 0.717) is 83.1 Å². The second-order valence-corrected chi connectivity index (χ2v) is 17.4. The number of nitrogens with zero attached hydrogens (tertiary/aromatic N) is 5. The van der Waals surface area contributed by atoms with Gasteiger partial charge in [0.2, 0.25) is 17.7 Å². The normalized spacial score (nSPS) is 25.6. The van der Waals surface area contributed by atoms with E-state index in [1.165, 1.54) is 18.9 Å². The summed E-state index contributed by atoms with van der Waals surface area (Å²) in [5.41, 5.74) is 5.71. The highest BCUT2D eigenvalue weighted by molar-refractivity contribution is 6.06. The molecular weight excluding hydrogens is 744 g/mol. The molecule has 2 aliphatic carbocycles. The second-order valence-electron chi connectivity index (χ2n) is 17.4. The van der Waals surface area contributed by atoms with Crippen molar-refractivity contribution < 1.29 is 33.0 Å². The minimum atomic E-state index is -0.614. The lowest BCUT2D eigenvalue weighted by Gasteiger charge is -2.60. The Labute approximate surface area is 333 Å². The molecule has 4 aromatic rings. The summed E-state index contributed by atoms with van der Waals surface area (Å²) in [6, 6.07) is 10.2.